The summed E-state index contributed by atoms with van der Waals surface area (Å²) in [5.74, 6) is 1.84. The van der Waals surface area contributed by atoms with Gasteiger partial charge in [-0.3, -0.25) is 4.79 Å². The summed E-state index contributed by atoms with van der Waals surface area (Å²) in [5, 5.41) is 7.23. The number of anilines is 1. The summed E-state index contributed by atoms with van der Waals surface area (Å²) in [6, 6.07) is 3.89. The molecule has 2 unspecified atom stereocenters. The third kappa shape index (κ3) is 2.93. The minimum atomic E-state index is 0. The van der Waals surface area contributed by atoms with Gasteiger partial charge in [-0.25, -0.2) is 4.98 Å². The zero-order chi connectivity index (χ0) is 15.1. The maximum atomic E-state index is 12.7. The van der Waals surface area contributed by atoms with E-state index in [9.17, 15) is 4.79 Å². The van der Waals surface area contributed by atoms with Gasteiger partial charge in [0.2, 0.25) is 5.91 Å². The van der Waals surface area contributed by atoms with Crippen molar-refractivity contribution in [3.63, 3.8) is 0 Å². The lowest BCUT2D eigenvalue weighted by Gasteiger charge is -2.43. The number of rotatable bonds is 2. The van der Waals surface area contributed by atoms with Crippen LogP contribution in [0.15, 0.2) is 24.5 Å². The Morgan fingerprint density at radius 2 is 1.96 bits per heavy atom. The minimum Gasteiger partial charge on any atom is -0.327 e. The van der Waals surface area contributed by atoms with E-state index in [1.165, 1.54) is 19.3 Å². The Morgan fingerprint density at radius 3 is 2.70 bits per heavy atom. The van der Waals surface area contributed by atoms with Gasteiger partial charge in [-0.2, -0.15) is 9.61 Å². The van der Waals surface area contributed by atoms with Crippen LogP contribution in [0.1, 0.15) is 32.1 Å². The lowest BCUT2D eigenvalue weighted by atomic mass is 9.65. The number of hydrogen-bond acceptors (Lipinski definition) is 4. The standard InChI is InChI=1S/C16H21N5O.ClH/c17-15-10-2-1-3-11(15)9-12(8-10)16(22)20-14-4-6-18-13-5-7-19-21(13)14;/h4-7,10-12,15H,1-3,8-9,17H2,(H,20,22);1H. The largest absolute Gasteiger partial charge is 0.327 e. The number of nitrogens with two attached hydrogens (primary N) is 1. The predicted octanol–water partition coefficient (Wildman–Crippen LogP) is 2.24. The Bertz CT molecular complexity index is 689. The summed E-state index contributed by atoms with van der Waals surface area (Å²) in [5.41, 5.74) is 7.04. The molecule has 2 bridgehead atoms. The fourth-order valence-corrected chi connectivity index (χ4v) is 4.16. The van der Waals surface area contributed by atoms with E-state index in [0.29, 0.717) is 17.7 Å². The third-order valence-corrected chi connectivity index (χ3v) is 5.33. The van der Waals surface area contributed by atoms with E-state index in [1.807, 2.05) is 6.07 Å². The Kier molecular flexibility index (Phi) is 4.55. The van der Waals surface area contributed by atoms with Crippen LogP contribution in [0, 0.1) is 17.8 Å². The summed E-state index contributed by atoms with van der Waals surface area (Å²) < 4.78 is 1.66. The highest BCUT2D eigenvalue weighted by atomic mass is 35.5. The first-order valence-electron chi connectivity index (χ1n) is 8.07. The average molecular weight is 336 g/mol. The van der Waals surface area contributed by atoms with Crippen LogP contribution in [0.3, 0.4) is 0 Å². The van der Waals surface area contributed by atoms with Gasteiger partial charge >= 0.3 is 0 Å². The smallest absolute Gasteiger partial charge is 0.228 e. The molecular formula is C16H22ClN5O. The number of carbonyl (C=O) groups is 1. The molecule has 2 fully saturated rings. The molecule has 2 saturated carbocycles. The molecule has 3 N–H and O–H groups in total. The van der Waals surface area contributed by atoms with Crippen molar-refractivity contribution < 1.29 is 4.79 Å². The van der Waals surface area contributed by atoms with Crippen LogP contribution >= 0.6 is 12.4 Å². The van der Waals surface area contributed by atoms with Crippen molar-refractivity contribution in [1.29, 1.82) is 0 Å². The van der Waals surface area contributed by atoms with E-state index in [0.717, 1.165) is 18.5 Å². The lowest BCUT2D eigenvalue weighted by Crippen LogP contribution is -2.48. The number of nitrogens with one attached hydrogen (secondary N) is 1. The van der Waals surface area contributed by atoms with Gasteiger partial charge in [0.05, 0.1) is 6.20 Å². The summed E-state index contributed by atoms with van der Waals surface area (Å²) in [6.07, 6.45) is 8.80. The zero-order valence-corrected chi connectivity index (χ0v) is 13.7. The van der Waals surface area contributed by atoms with Gasteiger partial charge in [-0.1, -0.05) is 6.42 Å². The summed E-state index contributed by atoms with van der Waals surface area (Å²) in [6.45, 7) is 0. The molecule has 124 valence electrons. The molecule has 1 amide bonds. The molecule has 0 saturated heterocycles. The molecule has 23 heavy (non-hydrogen) atoms. The quantitative estimate of drug-likeness (QED) is 0.881. The maximum absolute atomic E-state index is 12.7. The predicted molar refractivity (Wildman–Crippen MR) is 90.4 cm³/mol. The van der Waals surface area contributed by atoms with Crippen molar-refractivity contribution in [2.75, 3.05) is 5.32 Å². The maximum Gasteiger partial charge on any atom is 0.228 e. The second-order valence-corrected chi connectivity index (χ2v) is 6.62. The van der Waals surface area contributed by atoms with E-state index in [2.05, 4.69) is 15.4 Å². The molecule has 0 radical (unpaired) electrons. The van der Waals surface area contributed by atoms with Crippen LogP contribution in [0.4, 0.5) is 5.82 Å². The van der Waals surface area contributed by atoms with Crippen LogP contribution in [-0.2, 0) is 4.79 Å². The molecule has 2 atom stereocenters. The fourth-order valence-electron chi connectivity index (χ4n) is 4.16. The van der Waals surface area contributed by atoms with Crippen LogP contribution in [0.2, 0.25) is 0 Å². The van der Waals surface area contributed by atoms with Crippen LogP contribution in [-0.4, -0.2) is 26.5 Å². The molecule has 2 aromatic heterocycles. The van der Waals surface area contributed by atoms with Gasteiger partial charge in [-0.05, 0) is 43.6 Å². The lowest BCUT2D eigenvalue weighted by molar-refractivity contribution is -0.122. The van der Waals surface area contributed by atoms with Crippen LogP contribution in [0.25, 0.3) is 5.65 Å². The normalized spacial score (nSPS) is 29.8. The SMILES string of the molecule is Cl.NC1C2CCCC1CC(C(=O)Nc1ccnc3ccnn13)C2. The van der Waals surface area contributed by atoms with Crippen LogP contribution in [0.5, 0.6) is 0 Å². The molecular weight excluding hydrogens is 314 g/mol. The van der Waals surface area contributed by atoms with E-state index in [-0.39, 0.29) is 30.3 Å². The highest BCUT2D eigenvalue weighted by Crippen LogP contribution is 2.42. The average Bonchev–Trinajstić information content (AvgIpc) is 2.96. The van der Waals surface area contributed by atoms with Gasteiger partial charge in [0.1, 0.15) is 5.82 Å². The number of carbonyl (C=O) groups excluding carboxylic acids is 1. The molecule has 2 aromatic rings. The van der Waals surface area contributed by atoms with E-state index < -0.39 is 0 Å². The highest BCUT2D eigenvalue weighted by Gasteiger charge is 2.40. The number of nitrogens with zero attached hydrogens (tertiary/aromatic N) is 3. The summed E-state index contributed by atoms with van der Waals surface area (Å²) in [4.78, 5) is 16.9. The first kappa shape index (κ1) is 16.2. The Balaban J connectivity index is 0.00000156. The van der Waals surface area contributed by atoms with Gasteiger partial charge in [0.25, 0.3) is 0 Å². The first-order chi connectivity index (χ1) is 10.7. The van der Waals surface area contributed by atoms with Crippen molar-refractivity contribution in [2.45, 2.75) is 38.1 Å². The molecule has 4 rings (SSSR count). The topological polar surface area (TPSA) is 85.3 Å². The van der Waals surface area contributed by atoms with Crippen molar-refractivity contribution in [3.05, 3.63) is 24.5 Å². The monoisotopic (exact) mass is 335 g/mol. The first-order valence-corrected chi connectivity index (χ1v) is 8.07. The number of halogens is 1. The van der Waals surface area contributed by atoms with E-state index in [4.69, 9.17) is 5.73 Å². The molecule has 0 aliphatic heterocycles. The van der Waals surface area contributed by atoms with Gasteiger partial charge in [-0.15, -0.1) is 12.4 Å². The molecule has 0 aromatic carbocycles. The molecule has 6 nitrogen and oxygen atoms in total. The molecule has 2 aliphatic rings. The van der Waals surface area contributed by atoms with Gasteiger partial charge in [0.15, 0.2) is 5.65 Å². The van der Waals surface area contributed by atoms with Gasteiger partial charge in [0, 0.05) is 24.2 Å². The van der Waals surface area contributed by atoms with Crippen molar-refractivity contribution in [1.82, 2.24) is 14.6 Å². The van der Waals surface area contributed by atoms with Crippen molar-refractivity contribution >= 4 is 29.8 Å². The Morgan fingerprint density at radius 1 is 1.22 bits per heavy atom. The zero-order valence-electron chi connectivity index (χ0n) is 12.9. The Hall–Kier alpha value is -1.66. The fraction of sp³-hybridized carbons (Fsp3) is 0.562. The summed E-state index contributed by atoms with van der Waals surface area (Å²) >= 11 is 0. The van der Waals surface area contributed by atoms with E-state index in [1.54, 1.807) is 23.0 Å². The number of hydrogen-bond donors (Lipinski definition) is 2. The van der Waals surface area contributed by atoms with Crippen LogP contribution < -0.4 is 11.1 Å². The second kappa shape index (κ2) is 6.45. The number of fused-ring (bicyclic) bond motifs is 3. The molecule has 2 heterocycles. The Labute approximate surface area is 141 Å². The summed E-state index contributed by atoms with van der Waals surface area (Å²) in [7, 11) is 0. The number of aromatic nitrogens is 3. The second-order valence-electron chi connectivity index (χ2n) is 6.62. The molecule has 7 heteroatoms. The highest BCUT2D eigenvalue weighted by molar-refractivity contribution is 5.92. The molecule has 2 aliphatic carbocycles. The van der Waals surface area contributed by atoms with Crippen molar-refractivity contribution in [3.8, 4) is 0 Å². The van der Waals surface area contributed by atoms with Crippen molar-refractivity contribution in [2.24, 2.45) is 23.5 Å². The number of amides is 1. The minimum absolute atomic E-state index is 0. The third-order valence-electron chi connectivity index (χ3n) is 5.33. The molecule has 0 spiro atoms. The van der Waals surface area contributed by atoms with E-state index >= 15 is 0 Å². The van der Waals surface area contributed by atoms with Gasteiger partial charge < -0.3 is 11.1 Å².